The van der Waals surface area contributed by atoms with Crippen LogP contribution in [0.5, 0.6) is 0 Å². The Morgan fingerprint density at radius 2 is 1.90 bits per heavy atom. The van der Waals surface area contributed by atoms with Crippen LogP contribution in [-0.4, -0.2) is 53.2 Å². The van der Waals surface area contributed by atoms with Crippen LogP contribution in [0.1, 0.15) is 34.6 Å². The van der Waals surface area contributed by atoms with Crippen LogP contribution >= 0.6 is 0 Å². The van der Waals surface area contributed by atoms with Crippen LogP contribution in [0.3, 0.4) is 0 Å². The lowest BCUT2D eigenvalue weighted by molar-refractivity contribution is -0.137. The van der Waals surface area contributed by atoms with E-state index < -0.39 is 35.1 Å². The summed E-state index contributed by atoms with van der Waals surface area (Å²) in [5.41, 5.74) is -1.98. The van der Waals surface area contributed by atoms with Crippen molar-refractivity contribution in [2.75, 3.05) is 26.3 Å². The van der Waals surface area contributed by atoms with E-state index in [1.807, 2.05) is 0 Å². The zero-order chi connectivity index (χ0) is 22.2. The molecule has 10 heteroatoms. The highest BCUT2D eigenvalue weighted by Crippen LogP contribution is 2.33. The number of hydrogen-bond donors (Lipinski definition) is 0. The van der Waals surface area contributed by atoms with Crippen LogP contribution in [0.25, 0.3) is 5.69 Å². The predicted octanol–water partition coefficient (Wildman–Crippen LogP) is 2.78. The molecular weight excluding hydrogens is 415 g/mol. The van der Waals surface area contributed by atoms with E-state index in [2.05, 4.69) is 5.10 Å². The minimum Gasteiger partial charge on any atom is -0.350 e. The maximum Gasteiger partial charge on any atom is 0.418 e. The van der Waals surface area contributed by atoms with Gasteiger partial charge in [-0.1, -0.05) is 12.1 Å². The molecule has 2 aromatic rings. The van der Waals surface area contributed by atoms with Gasteiger partial charge in [0.1, 0.15) is 0 Å². The zero-order valence-electron chi connectivity index (χ0n) is 16.9. The second kappa shape index (κ2) is 8.43. The largest absolute Gasteiger partial charge is 0.418 e. The number of piperidine rings is 1. The van der Waals surface area contributed by atoms with Crippen molar-refractivity contribution in [2.24, 2.45) is 5.92 Å². The van der Waals surface area contributed by atoms with Crippen molar-refractivity contribution in [3.05, 3.63) is 57.5 Å². The Kier molecular flexibility index (Phi) is 5.85. The first-order chi connectivity index (χ1) is 14.8. The van der Waals surface area contributed by atoms with Gasteiger partial charge in [0.15, 0.2) is 12.0 Å². The lowest BCUT2D eigenvalue weighted by atomic mass is 9.97. The van der Waals surface area contributed by atoms with Gasteiger partial charge in [-0.3, -0.25) is 9.59 Å². The van der Waals surface area contributed by atoms with E-state index in [1.165, 1.54) is 30.0 Å². The molecule has 3 heterocycles. The average molecular weight is 437 g/mol. The fourth-order valence-corrected chi connectivity index (χ4v) is 4.05. The van der Waals surface area contributed by atoms with Crippen LogP contribution in [0.4, 0.5) is 13.2 Å². The summed E-state index contributed by atoms with van der Waals surface area (Å²) >= 11 is 0. The van der Waals surface area contributed by atoms with Gasteiger partial charge in [-0.05, 0) is 31.9 Å². The topological polar surface area (TPSA) is 73.7 Å². The van der Waals surface area contributed by atoms with Crippen molar-refractivity contribution in [2.45, 2.75) is 32.2 Å². The molecule has 0 spiro atoms. The number of likely N-dealkylation sites (tertiary alicyclic amines) is 1. The Morgan fingerprint density at radius 1 is 1.19 bits per heavy atom. The SMILES string of the molecule is Cc1cc(=O)c(C(=O)N2CCCC(C3OCCO3)C2)nn1-c1ccccc1C(F)(F)F. The average Bonchev–Trinajstić information content (AvgIpc) is 3.28. The first-order valence-electron chi connectivity index (χ1n) is 10.1. The van der Waals surface area contributed by atoms with Crippen LogP contribution < -0.4 is 5.43 Å². The summed E-state index contributed by atoms with van der Waals surface area (Å²) in [4.78, 5) is 27.1. The number of alkyl halides is 3. The second-order valence-electron chi connectivity index (χ2n) is 7.69. The maximum atomic E-state index is 13.5. The third kappa shape index (κ3) is 4.35. The van der Waals surface area contributed by atoms with Gasteiger partial charge < -0.3 is 14.4 Å². The second-order valence-corrected chi connectivity index (χ2v) is 7.69. The quantitative estimate of drug-likeness (QED) is 0.739. The van der Waals surface area contributed by atoms with Gasteiger partial charge in [0, 0.05) is 30.8 Å². The summed E-state index contributed by atoms with van der Waals surface area (Å²) in [6.45, 7) is 3.23. The smallest absolute Gasteiger partial charge is 0.350 e. The highest BCUT2D eigenvalue weighted by Gasteiger charge is 2.36. The number of halogens is 3. The van der Waals surface area contributed by atoms with E-state index in [-0.39, 0.29) is 17.3 Å². The lowest BCUT2D eigenvalue weighted by Gasteiger charge is -2.34. The first kappa shape index (κ1) is 21.5. The molecule has 31 heavy (non-hydrogen) atoms. The summed E-state index contributed by atoms with van der Waals surface area (Å²) in [5, 5.41) is 4.06. The number of rotatable bonds is 3. The summed E-state index contributed by atoms with van der Waals surface area (Å²) in [6, 6.07) is 6.05. The highest BCUT2D eigenvalue weighted by atomic mass is 19.4. The maximum absolute atomic E-state index is 13.5. The number of amides is 1. The number of benzene rings is 1. The first-order valence-corrected chi connectivity index (χ1v) is 10.1. The van der Waals surface area contributed by atoms with Crippen LogP contribution in [0, 0.1) is 12.8 Å². The number of carbonyl (C=O) groups is 1. The van der Waals surface area contributed by atoms with Crippen molar-refractivity contribution >= 4 is 5.91 Å². The van der Waals surface area contributed by atoms with Gasteiger partial charge in [-0.15, -0.1) is 0 Å². The molecule has 2 saturated heterocycles. The van der Waals surface area contributed by atoms with Gasteiger partial charge in [-0.25, -0.2) is 4.68 Å². The molecule has 1 aromatic heterocycles. The summed E-state index contributed by atoms with van der Waals surface area (Å²) in [6.07, 6.45) is -3.48. The number of ether oxygens (including phenoxy) is 2. The van der Waals surface area contributed by atoms with Gasteiger partial charge in [0.25, 0.3) is 5.91 Å². The molecule has 1 aromatic carbocycles. The van der Waals surface area contributed by atoms with E-state index in [4.69, 9.17) is 9.47 Å². The number of aryl methyl sites for hydroxylation is 1. The lowest BCUT2D eigenvalue weighted by Crippen LogP contribution is -2.45. The molecule has 0 bridgehead atoms. The molecule has 0 radical (unpaired) electrons. The summed E-state index contributed by atoms with van der Waals surface area (Å²) in [5.74, 6) is -0.634. The van der Waals surface area contributed by atoms with Gasteiger partial charge >= 0.3 is 6.18 Å². The molecule has 1 atom stereocenters. The molecule has 166 valence electrons. The summed E-state index contributed by atoms with van der Waals surface area (Å²) in [7, 11) is 0. The molecule has 4 rings (SSSR count). The van der Waals surface area contributed by atoms with E-state index >= 15 is 0 Å². The van der Waals surface area contributed by atoms with Crippen molar-refractivity contribution in [3.8, 4) is 5.69 Å². The molecule has 1 unspecified atom stereocenters. The van der Waals surface area contributed by atoms with E-state index in [1.54, 1.807) is 0 Å². The van der Waals surface area contributed by atoms with E-state index in [9.17, 15) is 22.8 Å². The van der Waals surface area contributed by atoms with E-state index in [0.717, 1.165) is 23.2 Å². The van der Waals surface area contributed by atoms with Crippen LogP contribution in [0.15, 0.2) is 35.1 Å². The van der Waals surface area contributed by atoms with Crippen molar-refractivity contribution in [1.82, 2.24) is 14.7 Å². The minimum atomic E-state index is -4.61. The fourth-order valence-electron chi connectivity index (χ4n) is 4.05. The Bertz CT molecular complexity index is 1030. The normalized spacial score (nSPS) is 20.3. The monoisotopic (exact) mass is 437 g/mol. The number of para-hydroxylation sites is 1. The molecule has 0 N–H and O–H groups in total. The minimum absolute atomic E-state index is 0.0289. The van der Waals surface area contributed by atoms with Crippen molar-refractivity contribution in [3.63, 3.8) is 0 Å². The Labute approximate surface area is 176 Å². The molecule has 2 aliphatic heterocycles. The molecule has 0 saturated carbocycles. The zero-order valence-corrected chi connectivity index (χ0v) is 16.9. The van der Waals surface area contributed by atoms with Gasteiger partial charge in [0.05, 0.1) is 24.5 Å². The number of aromatic nitrogens is 2. The standard InChI is InChI=1S/C21H22F3N3O4/c1-13-11-17(28)18(25-27(13)16-7-3-2-6-15(16)21(22,23)24)19(29)26-8-4-5-14(12-26)20-30-9-10-31-20/h2-3,6-7,11,14,20H,4-5,8-10,12H2,1H3. The van der Waals surface area contributed by atoms with Crippen molar-refractivity contribution in [1.29, 1.82) is 0 Å². The van der Waals surface area contributed by atoms with Crippen LogP contribution in [0.2, 0.25) is 0 Å². The molecule has 2 aliphatic rings. The van der Waals surface area contributed by atoms with Gasteiger partial charge in [0.2, 0.25) is 5.43 Å². The molecular formula is C21H22F3N3O4. The number of hydrogen-bond acceptors (Lipinski definition) is 5. The highest BCUT2D eigenvalue weighted by molar-refractivity contribution is 5.92. The predicted molar refractivity (Wildman–Crippen MR) is 104 cm³/mol. The van der Waals surface area contributed by atoms with E-state index in [0.29, 0.717) is 32.7 Å². The third-order valence-electron chi connectivity index (χ3n) is 5.53. The van der Waals surface area contributed by atoms with Gasteiger partial charge in [-0.2, -0.15) is 18.3 Å². The van der Waals surface area contributed by atoms with Crippen LogP contribution in [-0.2, 0) is 15.7 Å². The molecule has 2 fully saturated rings. The molecule has 0 aliphatic carbocycles. The third-order valence-corrected chi connectivity index (χ3v) is 5.53. The molecule has 1 amide bonds. The van der Waals surface area contributed by atoms with Crippen molar-refractivity contribution < 1.29 is 27.4 Å². The fraction of sp³-hybridized carbons (Fsp3) is 0.476. The Hall–Kier alpha value is -2.72. The number of nitrogens with zero attached hydrogens (tertiary/aromatic N) is 3. The Morgan fingerprint density at radius 3 is 2.61 bits per heavy atom. The molecule has 7 nitrogen and oxygen atoms in total. The number of carbonyl (C=O) groups excluding carboxylic acids is 1. The summed E-state index contributed by atoms with van der Waals surface area (Å²) < 4.78 is 52.5. The Balaban J connectivity index is 1.67.